The molecule has 156 valence electrons. The second kappa shape index (κ2) is 8.93. The van der Waals surface area contributed by atoms with Crippen molar-refractivity contribution in [2.75, 3.05) is 31.5 Å². The van der Waals surface area contributed by atoms with Crippen LogP contribution in [-0.2, 0) is 14.8 Å². The Bertz CT molecular complexity index is 769. The van der Waals surface area contributed by atoms with E-state index in [0.717, 1.165) is 25.8 Å². The molecule has 2 heterocycles. The summed E-state index contributed by atoms with van der Waals surface area (Å²) in [4.78, 5) is 14.8. The monoisotopic (exact) mass is 407 g/mol. The van der Waals surface area contributed by atoms with Gasteiger partial charge in [0, 0.05) is 24.8 Å². The van der Waals surface area contributed by atoms with Gasteiger partial charge in [0.25, 0.3) is 0 Å². The highest BCUT2D eigenvalue weighted by Crippen LogP contribution is 2.27. The number of nitrogens with zero attached hydrogens (tertiary/aromatic N) is 2. The van der Waals surface area contributed by atoms with Crippen molar-refractivity contribution < 1.29 is 13.2 Å². The van der Waals surface area contributed by atoms with E-state index in [9.17, 15) is 13.2 Å². The van der Waals surface area contributed by atoms with Crippen molar-refractivity contribution in [1.82, 2.24) is 9.21 Å². The average Bonchev–Trinajstić information content (AvgIpc) is 2.63. The summed E-state index contributed by atoms with van der Waals surface area (Å²) in [6.07, 6.45) is 4.56. The molecule has 2 aliphatic heterocycles. The van der Waals surface area contributed by atoms with Crippen molar-refractivity contribution in [3.8, 4) is 0 Å². The first kappa shape index (κ1) is 21.3. The molecule has 1 aromatic rings. The van der Waals surface area contributed by atoms with Gasteiger partial charge in [-0.3, -0.25) is 9.69 Å². The lowest BCUT2D eigenvalue weighted by atomic mass is 9.94. The summed E-state index contributed by atoms with van der Waals surface area (Å²) in [7, 11) is -3.49. The molecule has 3 unspecified atom stereocenters. The van der Waals surface area contributed by atoms with E-state index in [1.807, 2.05) is 0 Å². The van der Waals surface area contributed by atoms with Gasteiger partial charge in [-0.25, -0.2) is 8.42 Å². The van der Waals surface area contributed by atoms with E-state index in [4.69, 9.17) is 0 Å². The van der Waals surface area contributed by atoms with Gasteiger partial charge >= 0.3 is 0 Å². The van der Waals surface area contributed by atoms with E-state index >= 15 is 0 Å². The fourth-order valence-electron chi connectivity index (χ4n) is 4.44. The number of hydrogen-bond donors (Lipinski definition) is 1. The van der Waals surface area contributed by atoms with Crippen LogP contribution < -0.4 is 5.32 Å². The van der Waals surface area contributed by atoms with Gasteiger partial charge in [-0.2, -0.15) is 4.31 Å². The molecular formula is C21H33N3O3S. The molecule has 1 amide bonds. The number of piperidine rings is 2. The van der Waals surface area contributed by atoms with Crippen molar-refractivity contribution in [3.63, 3.8) is 0 Å². The Morgan fingerprint density at radius 2 is 1.71 bits per heavy atom. The fourth-order valence-corrected chi connectivity index (χ4v) is 6.12. The smallest absolute Gasteiger partial charge is 0.243 e. The van der Waals surface area contributed by atoms with Crippen molar-refractivity contribution in [1.29, 1.82) is 0 Å². The standard InChI is InChI=1S/C21H33N3O3S/c1-16-12-17(2)14-24(13-16)28(26,27)20-9-7-19(8-10-20)22-21(25)15-23-11-5-4-6-18(23)3/h7-10,16-18H,4-6,11-15H2,1-3H3,(H,22,25). The molecule has 0 radical (unpaired) electrons. The Labute approximate surface area is 169 Å². The van der Waals surface area contributed by atoms with Gasteiger partial charge in [-0.1, -0.05) is 20.3 Å². The number of carbonyl (C=O) groups excluding carboxylic acids is 1. The largest absolute Gasteiger partial charge is 0.325 e. The summed E-state index contributed by atoms with van der Waals surface area (Å²) in [6, 6.07) is 6.99. The zero-order valence-corrected chi connectivity index (χ0v) is 18.0. The van der Waals surface area contributed by atoms with Crippen LogP contribution in [0.1, 0.15) is 46.5 Å². The number of rotatable bonds is 5. The van der Waals surface area contributed by atoms with Crippen LogP contribution in [0.3, 0.4) is 0 Å². The van der Waals surface area contributed by atoms with Crippen LogP contribution in [0.15, 0.2) is 29.2 Å². The minimum atomic E-state index is -3.49. The summed E-state index contributed by atoms with van der Waals surface area (Å²) in [5.41, 5.74) is 0.633. The summed E-state index contributed by atoms with van der Waals surface area (Å²) < 4.78 is 27.5. The van der Waals surface area contributed by atoms with Crippen LogP contribution >= 0.6 is 0 Å². The van der Waals surface area contributed by atoms with Crippen molar-refractivity contribution in [3.05, 3.63) is 24.3 Å². The lowest BCUT2D eigenvalue weighted by Gasteiger charge is -2.34. The van der Waals surface area contributed by atoms with Gasteiger partial charge in [0.15, 0.2) is 0 Å². The SMILES string of the molecule is CC1CC(C)CN(S(=O)(=O)c2ccc(NC(=O)CN3CCCCC3C)cc2)C1. The third-order valence-corrected chi connectivity index (χ3v) is 7.74. The summed E-state index contributed by atoms with van der Waals surface area (Å²) in [5, 5.41) is 2.89. The van der Waals surface area contributed by atoms with Gasteiger partial charge in [0.05, 0.1) is 11.4 Å². The zero-order chi connectivity index (χ0) is 20.3. The van der Waals surface area contributed by atoms with Crippen molar-refractivity contribution >= 4 is 21.6 Å². The fraction of sp³-hybridized carbons (Fsp3) is 0.667. The number of benzene rings is 1. The number of anilines is 1. The number of hydrogen-bond acceptors (Lipinski definition) is 4. The molecule has 2 aliphatic rings. The van der Waals surface area contributed by atoms with Crippen molar-refractivity contribution in [2.24, 2.45) is 11.8 Å². The lowest BCUT2D eigenvalue weighted by Crippen LogP contribution is -2.42. The van der Waals surface area contributed by atoms with Crippen molar-refractivity contribution in [2.45, 2.75) is 57.4 Å². The Balaban J connectivity index is 1.62. The summed E-state index contributed by atoms with van der Waals surface area (Å²) >= 11 is 0. The third-order valence-electron chi connectivity index (χ3n) is 5.90. The minimum absolute atomic E-state index is 0.0527. The highest BCUT2D eigenvalue weighted by atomic mass is 32.2. The normalized spacial score (nSPS) is 27.5. The molecule has 6 nitrogen and oxygen atoms in total. The molecule has 0 saturated carbocycles. The van der Waals surface area contributed by atoms with E-state index in [-0.39, 0.29) is 10.8 Å². The molecule has 28 heavy (non-hydrogen) atoms. The number of amides is 1. The number of nitrogens with one attached hydrogen (secondary N) is 1. The molecule has 0 aromatic heterocycles. The van der Waals surface area contributed by atoms with Gasteiger partial charge < -0.3 is 5.32 Å². The second-order valence-corrected chi connectivity index (χ2v) is 10.6. The molecule has 0 bridgehead atoms. The first-order valence-corrected chi connectivity index (χ1v) is 11.8. The molecular weight excluding hydrogens is 374 g/mol. The highest BCUT2D eigenvalue weighted by molar-refractivity contribution is 7.89. The van der Waals surface area contributed by atoms with E-state index in [0.29, 0.717) is 43.2 Å². The van der Waals surface area contributed by atoms with Crippen LogP contribution in [0.4, 0.5) is 5.69 Å². The first-order chi connectivity index (χ1) is 13.3. The Hall–Kier alpha value is -1.44. The van der Waals surface area contributed by atoms with Gasteiger partial charge in [-0.15, -0.1) is 0 Å². The molecule has 3 atom stereocenters. The maximum absolute atomic E-state index is 12.9. The van der Waals surface area contributed by atoms with Gasteiger partial charge in [0.1, 0.15) is 0 Å². The Morgan fingerprint density at radius 3 is 2.32 bits per heavy atom. The third kappa shape index (κ3) is 5.13. The molecule has 2 saturated heterocycles. The average molecular weight is 408 g/mol. The van der Waals surface area contributed by atoms with Crippen LogP contribution in [-0.4, -0.2) is 55.8 Å². The van der Waals surface area contributed by atoms with E-state index < -0.39 is 10.0 Å². The molecule has 0 spiro atoms. The summed E-state index contributed by atoms with van der Waals surface area (Å²) in [5.74, 6) is 0.687. The predicted molar refractivity (Wildman–Crippen MR) is 112 cm³/mol. The Morgan fingerprint density at radius 1 is 1.07 bits per heavy atom. The quantitative estimate of drug-likeness (QED) is 0.814. The maximum atomic E-state index is 12.9. The zero-order valence-electron chi connectivity index (χ0n) is 17.2. The molecule has 1 N–H and O–H groups in total. The van der Waals surface area contributed by atoms with Crippen LogP contribution in [0, 0.1) is 11.8 Å². The minimum Gasteiger partial charge on any atom is -0.325 e. The summed E-state index contributed by atoms with van der Waals surface area (Å²) in [6.45, 7) is 8.83. The van der Waals surface area contributed by atoms with E-state index in [1.165, 1.54) is 6.42 Å². The van der Waals surface area contributed by atoms with E-state index in [1.54, 1.807) is 28.6 Å². The number of sulfonamides is 1. The lowest BCUT2D eigenvalue weighted by molar-refractivity contribution is -0.118. The molecule has 3 rings (SSSR count). The first-order valence-electron chi connectivity index (χ1n) is 10.4. The molecule has 1 aromatic carbocycles. The molecule has 2 fully saturated rings. The Kier molecular flexibility index (Phi) is 6.78. The van der Waals surface area contributed by atoms with Crippen LogP contribution in [0.2, 0.25) is 0 Å². The molecule has 7 heteroatoms. The van der Waals surface area contributed by atoms with Crippen LogP contribution in [0.25, 0.3) is 0 Å². The maximum Gasteiger partial charge on any atom is 0.243 e. The highest BCUT2D eigenvalue weighted by Gasteiger charge is 2.31. The van der Waals surface area contributed by atoms with Gasteiger partial charge in [-0.05, 0) is 68.8 Å². The van der Waals surface area contributed by atoms with E-state index in [2.05, 4.69) is 31.0 Å². The number of likely N-dealkylation sites (tertiary alicyclic amines) is 1. The van der Waals surface area contributed by atoms with Crippen LogP contribution in [0.5, 0.6) is 0 Å². The number of carbonyl (C=O) groups is 1. The second-order valence-electron chi connectivity index (χ2n) is 8.66. The van der Waals surface area contributed by atoms with Gasteiger partial charge in [0.2, 0.25) is 15.9 Å². The molecule has 0 aliphatic carbocycles. The predicted octanol–water partition coefficient (Wildman–Crippen LogP) is 3.17. The topological polar surface area (TPSA) is 69.7 Å².